The Kier molecular flexibility index (Phi) is 6.39. The summed E-state index contributed by atoms with van der Waals surface area (Å²) in [7, 11) is -0.404. The van der Waals surface area contributed by atoms with Crippen LogP contribution in [0, 0.1) is 0 Å². The van der Waals surface area contributed by atoms with Crippen LogP contribution in [0.3, 0.4) is 0 Å². The minimum atomic E-state index is -0.404. The van der Waals surface area contributed by atoms with E-state index in [-0.39, 0.29) is 0 Å². The molecule has 0 bridgehead atoms. The van der Waals surface area contributed by atoms with Gasteiger partial charge < -0.3 is 4.74 Å². The van der Waals surface area contributed by atoms with E-state index in [2.05, 4.69) is 6.58 Å². The second kappa shape index (κ2) is 6.21. The van der Waals surface area contributed by atoms with Gasteiger partial charge in [0, 0.05) is 6.23 Å². The van der Waals surface area contributed by atoms with E-state index in [0.29, 0.717) is 6.61 Å². The molecule has 0 saturated carbocycles. The zero-order valence-electron chi connectivity index (χ0n) is 4.19. The number of halogens is 1. The highest BCUT2D eigenvalue weighted by Crippen LogP contribution is 1.74. The second-order valence-electron chi connectivity index (χ2n) is 1.05. The Labute approximate surface area is 50.8 Å². The van der Waals surface area contributed by atoms with Crippen LogP contribution in [-0.4, -0.2) is 21.7 Å². The Balaban J connectivity index is 2.56. The summed E-state index contributed by atoms with van der Waals surface area (Å²) < 4.78 is 4.94. The van der Waals surface area contributed by atoms with Gasteiger partial charge in [0.15, 0.2) is 8.83 Å². The fourth-order valence-electron chi connectivity index (χ4n) is 0.221. The minimum Gasteiger partial charge on any atom is -0.380 e. The summed E-state index contributed by atoms with van der Waals surface area (Å²) in [5, 5.41) is 0. The van der Waals surface area contributed by atoms with Crippen molar-refractivity contribution in [1.29, 1.82) is 0 Å². The van der Waals surface area contributed by atoms with Crippen molar-refractivity contribution in [3.63, 3.8) is 0 Å². The van der Waals surface area contributed by atoms with Gasteiger partial charge in [-0.05, 0) is 0 Å². The Morgan fingerprint density at radius 1 is 1.86 bits per heavy atom. The molecule has 7 heavy (non-hydrogen) atoms. The Bertz CT molecular complexity index is 49.0. The molecule has 0 atom stereocenters. The van der Waals surface area contributed by atoms with E-state index in [4.69, 9.17) is 15.8 Å². The van der Waals surface area contributed by atoms with Crippen LogP contribution in [0.5, 0.6) is 0 Å². The predicted octanol–water partition coefficient (Wildman–Crippen LogP) is 0.469. The molecule has 0 fully saturated rings. The molecule has 0 unspecified atom stereocenters. The van der Waals surface area contributed by atoms with Gasteiger partial charge in [-0.1, -0.05) is 6.08 Å². The highest BCUT2D eigenvalue weighted by atomic mass is 35.6. The van der Waals surface area contributed by atoms with E-state index in [0.717, 1.165) is 6.23 Å². The van der Waals surface area contributed by atoms with Crippen LogP contribution in [0.2, 0.25) is 0 Å². The lowest BCUT2D eigenvalue weighted by Gasteiger charge is -1.91. The van der Waals surface area contributed by atoms with Crippen molar-refractivity contribution >= 4 is 19.9 Å². The first-order chi connectivity index (χ1) is 3.41. The highest BCUT2D eigenvalue weighted by Gasteiger charge is 1.78. The molecular formula is C4H9ClOSi. The fourth-order valence-corrected chi connectivity index (χ4v) is 0.824. The van der Waals surface area contributed by atoms with Crippen molar-refractivity contribution in [1.82, 2.24) is 0 Å². The Morgan fingerprint density at radius 2 is 2.57 bits per heavy atom. The molecule has 0 N–H and O–H groups in total. The van der Waals surface area contributed by atoms with Gasteiger partial charge in [0.1, 0.15) is 0 Å². The molecule has 42 valence electrons. The number of rotatable bonds is 4. The van der Waals surface area contributed by atoms with Gasteiger partial charge in [-0.2, -0.15) is 11.1 Å². The largest absolute Gasteiger partial charge is 0.380 e. The van der Waals surface area contributed by atoms with Gasteiger partial charge in [-0.15, -0.1) is 6.58 Å². The summed E-state index contributed by atoms with van der Waals surface area (Å²) in [4.78, 5) is 0. The zero-order valence-corrected chi connectivity index (χ0v) is 6.36. The van der Waals surface area contributed by atoms with Gasteiger partial charge in [-0.3, -0.25) is 0 Å². The maximum Gasteiger partial charge on any atom is 0.152 e. The third kappa shape index (κ3) is 6.21. The Morgan fingerprint density at radius 3 is 3.00 bits per heavy atom. The molecule has 0 aliphatic carbocycles. The van der Waals surface area contributed by atoms with E-state index in [1.165, 1.54) is 0 Å². The molecule has 0 aliphatic rings. The van der Waals surface area contributed by atoms with Crippen molar-refractivity contribution in [3.8, 4) is 0 Å². The molecular weight excluding hydrogens is 128 g/mol. The normalized spacial score (nSPS) is 10.4. The molecule has 0 aromatic rings. The number of hydrogen-bond donors (Lipinski definition) is 0. The van der Waals surface area contributed by atoms with Crippen LogP contribution in [0.1, 0.15) is 0 Å². The zero-order chi connectivity index (χ0) is 5.54. The van der Waals surface area contributed by atoms with E-state index in [1.807, 2.05) is 0 Å². The maximum atomic E-state index is 5.42. The minimum absolute atomic E-state index is 0.404. The maximum absolute atomic E-state index is 5.42. The smallest absolute Gasteiger partial charge is 0.152 e. The van der Waals surface area contributed by atoms with Crippen LogP contribution in [0.25, 0.3) is 0 Å². The monoisotopic (exact) mass is 136 g/mol. The van der Waals surface area contributed by atoms with E-state index in [1.54, 1.807) is 6.08 Å². The first kappa shape index (κ1) is 7.21. The van der Waals surface area contributed by atoms with Crippen molar-refractivity contribution in [2.45, 2.75) is 0 Å². The van der Waals surface area contributed by atoms with Gasteiger partial charge in [-0.25, -0.2) is 0 Å². The lowest BCUT2D eigenvalue weighted by Crippen LogP contribution is -1.96. The lowest BCUT2D eigenvalue weighted by atomic mass is 10.7. The van der Waals surface area contributed by atoms with E-state index < -0.39 is 8.83 Å². The van der Waals surface area contributed by atoms with Crippen molar-refractivity contribution < 1.29 is 4.74 Å². The van der Waals surface area contributed by atoms with Crippen molar-refractivity contribution in [2.75, 3.05) is 12.8 Å². The summed E-state index contributed by atoms with van der Waals surface area (Å²) in [6, 6.07) is 0. The van der Waals surface area contributed by atoms with Crippen LogP contribution < -0.4 is 0 Å². The topological polar surface area (TPSA) is 9.23 Å². The molecule has 0 amide bonds. The summed E-state index contributed by atoms with van der Waals surface area (Å²) >= 11 is 5.42. The number of hydrogen-bond acceptors (Lipinski definition) is 1. The molecule has 0 spiro atoms. The van der Waals surface area contributed by atoms with Crippen LogP contribution in [-0.2, 0) is 4.74 Å². The molecule has 3 heteroatoms. The molecule has 0 aromatic carbocycles. The average molecular weight is 137 g/mol. The summed E-state index contributed by atoms with van der Waals surface area (Å²) in [5.74, 6) is 0. The van der Waals surface area contributed by atoms with Gasteiger partial charge in [0.05, 0.1) is 6.61 Å². The third-order valence-electron chi connectivity index (χ3n) is 0.457. The van der Waals surface area contributed by atoms with Gasteiger partial charge >= 0.3 is 0 Å². The quantitative estimate of drug-likeness (QED) is 0.236. The molecule has 0 rings (SSSR count). The fraction of sp³-hybridized carbons (Fsp3) is 0.500. The molecule has 0 aromatic heterocycles. The lowest BCUT2D eigenvalue weighted by molar-refractivity contribution is 0.211. The summed E-state index contributed by atoms with van der Waals surface area (Å²) in [5.41, 5.74) is 0. The first-order valence-electron chi connectivity index (χ1n) is 2.16. The van der Waals surface area contributed by atoms with Gasteiger partial charge in [0.2, 0.25) is 0 Å². The second-order valence-corrected chi connectivity index (χ2v) is 2.97. The van der Waals surface area contributed by atoms with Crippen LogP contribution in [0.15, 0.2) is 12.7 Å². The molecule has 0 saturated heterocycles. The van der Waals surface area contributed by atoms with Crippen molar-refractivity contribution in [3.05, 3.63) is 12.7 Å². The van der Waals surface area contributed by atoms with Crippen molar-refractivity contribution in [2.24, 2.45) is 0 Å². The molecule has 0 heterocycles. The van der Waals surface area contributed by atoms with Crippen LogP contribution in [0.4, 0.5) is 0 Å². The highest BCUT2D eigenvalue weighted by molar-refractivity contribution is 6.93. The van der Waals surface area contributed by atoms with E-state index in [9.17, 15) is 0 Å². The first-order valence-corrected chi connectivity index (χ1v) is 5.30. The molecule has 1 nitrogen and oxygen atoms in total. The predicted molar refractivity (Wildman–Crippen MR) is 35.4 cm³/mol. The molecule has 0 radical (unpaired) electrons. The summed E-state index contributed by atoms with van der Waals surface area (Å²) in [6.45, 7) is 4.12. The third-order valence-corrected chi connectivity index (χ3v) is 1.36. The Hall–Kier alpha value is 0.207. The van der Waals surface area contributed by atoms with E-state index >= 15 is 0 Å². The number of ether oxygens (including phenoxy) is 1. The average Bonchev–Trinajstić information content (AvgIpc) is 1.69. The SMILES string of the molecule is C=CCOC[SiH2]Cl. The molecule has 0 aliphatic heterocycles. The standard InChI is InChI=1S/C4H9ClOSi/c1-2-3-6-4-7-5/h2H,1,3-4,7H2. The van der Waals surface area contributed by atoms with Crippen LogP contribution >= 0.6 is 11.1 Å². The van der Waals surface area contributed by atoms with Gasteiger partial charge in [0.25, 0.3) is 0 Å². The summed E-state index contributed by atoms with van der Waals surface area (Å²) in [6.07, 6.45) is 2.48.